The van der Waals surface area contributed by atoms with Gasteiger partial charge in [0, 0.05) is 55.6 Å². The summed E-state index contributed by atoms with van der Waals surface area (Å²) in [4.78, 5) is 43.9. The van der Waals surface area contributed by atoms with Crippen molar-refractivity contribution in [2.45, 2.75) is 75.8 Å². The monoisotopic (exact) mass is 578 g/mol. The maximum Gasteiger partial charge on any atom is 0.245 e. The van der Waals surface area contributed by atoms with E-state index >= 15 is 0 Å². The fraction of sp³-hybridized carbons (Fsp3) is 0.545. The second kappa shape index (κ2) is 13.8. The van der Waals surface area contributed by atoms with Crippen LogP contribution >= 0.6 is 11.6 Å². The van der Waals surface area contributed by atoms with Gasteiger partial charge in [-0.25, -0.2) is 0 Å². The van der Waals surface area contributed by atoms with Crippen molar-refractivity contribution in [1.82, 2.24) is 20.4 Å². The van der Waals surface area contributed by atoms with Crippen molar-refractivity contribution in [3.05, 3.63) is 70.7 Å². The van der Waals surface area contributed by atoms with Crippen LogP contribution in [0.4, 0.5) is 0 Å². The average Bonchev–Trinajstić information content (AvgIpc) is 2.97. The van der Waals surface area contributed by atoms with Crippen LogP contribution in [0.25, 0.3) is 0 Å². The molecule has 3 fully saturated rings. The van der Waals surface area contributed by atoms with Crippen molar-refractivity contribution >= 4 is 29.3 Å². The third kappa shape index (κ3) is 7.69. The zero-order chi connectivity index (χ0) is 28.7. The number of piperazine rings is 1. The number of benzene rings is 2. The third-order valence-corrected chi connectivity index (χ3v) is 9.56. The SMILES string of the molecule is O=C(Cc1ccccc1)NCC1(N2CCN(C(=O)[C@@H](Cc3ccc(Cl)cc3)NC(=O)C3CCC3)CC2)CCCCC1. The Labute approximate surface area is 249 Å². The Bertz CT molecular complexity index is 1170. The molecule has 2 aliphatic carbocycles. The molecule has 2 aromatic rings. The van der Waals surface area contributed by atoms with Crippen molar-refractivity contribution in [2.75, 3.05) is 32.7 Å². The highest BCUT2D eigenvalue weighted by Gasteiger charge is 2.41. The lowest BCUT2D eigenvalue weighted by atomic mass is 9.79. The van der Waals surface area contributed by atoms with E-state index in [2.05, 4.69) is 15.5 Å². The Hall–Kier alpha value is -2.90. The molecule has 8 heteroatoms. The molecule has 2 aromatic carbocycles. The molecule has 3 aliphatic rings. The Kier molecular flexibility index (Phi) is 9.99. The highest BCUT2D eigenvalue weighted by molar-refractivity contribution is 6.30. The number of hydrogen-bond donors (Lipinski definition) is 2. The minimum absolute atomic E-state index is 0.00500. The van der Waals surface area contributed by atoms with Gasteiger partial charge in [0.05, 0.1) is 6.42 Å². The Morgan fingerprint density at radius 3 is 2.17 bits per heavy atom. The van der Waals surface area contributed by atoms with Crippen molar-refractivity contribution in [1.29, 1.82) is 0 Å². The van der Waals surface area contributed by atoms with Crippen molar-refractivity contribution in [3.8, 4) is 0 Å². The first-order chi connectivity index (χ1) is 19.9. The fourth-order valence-corrected chi connectivity index (χ4v) is 6.69. The van der Waals surface area contributed by atoms with Gasteiger partial charge >= 0.3 is 0 Å². The summed E-state index contributed by atoms with van der Waals surface area (Å²) in [6.07, 6.45) is 9.37. The lowest BCUT2D eigenvalue weighted by molar-refractivity contribution is -0.140. The summed E-state index contributed by atoms with van der Waals surface area (Å²) < 4.78 is 0. The van der Waals surface area contributed by atoms with Gasteiger partial charge in [-0.3, -0.25) is 19.3 Å². The lowest BCUT2D eigenvalue weighted by Gasteiger charge is -2.50. The molecule has 2 saturated carbocycles. The molecule has 0 unspecified atom stereocenters. The van der Waals surface area contributed by atoms with Crippen LogP contribution in [-0.2, 0) is 27.2 Å². The minimum atomic E-state index is -0.586. The maximum atomic E-state index is 13.8. The first-order valence-electron chi connectivity index (χ1n) is 15.3. The molecule has 1 atom stereocenters. The molecule has 5 rings (SSSR count). The summed E-state index contributed by atoms with van der Waals surface area (Å²) >= 11 is 6.08. The number of carbonyl (C=O) groups excluding carboxylic acids is 3. The normalized spacial score (nSPS) is 20.1. The van der Waals surface area contributed by atoms with E-state index in [1.165, 1.54) is 6.42 Å². The smallest absolute Gasteiger partial charge is 0.245 e. The van der Waals surface area contributed by atoms with Crippen molar-refractivity contribution in [3.63, 3.8) is 0 Å². The van der Waals surface area contributed by atoms with E-state index in [9.17, 15) is 14.4 Å². The summed E-state index contributed by atoms with van der Waals surface area (Å²) in [7, 11) is 0. The lowest BCUT2D eigenvalue weighted by Crippen LogP contribution is -2.63. The van der Waals surface area contributed by atoms with Gasteiger partial charge in [-0.05, 0) is 48.9 Å². The largest absolute Gasteiger partial charge is 0.354 e. The first kappa shape index (κ1) is 29.6. The highest BCUT2D eigenvalue weighted by atomic mass is 35.5. The molecule has 2 N–H and O–H groups in total. The Morgan fingerprint density at radius 1 is 0.854 bits per heavy atom. The molecular weight excluding hydrogens is 536 g/mol. The van der Waals surface area contributed by atoms with Crippen LogP contribution in [0.3, 0.4) is 0 Å². The van der Waals surface area contributed by atoms with E-state index in [4.69, 9.17) is 11.6 Å². The van der Waals surface area contributed by atoms with Gasteiger partial charge < -0.3 is 15.5 Å². The summed E-state index contributed by atoms with van der Waals surface area (Å²) in [5, 5.41) is 6.99. The van der Waals surface area contributed by atoms with Crippen LogP contribution in [0.15, 0.2) is 54.6 Å². The molecule has 1 saturated heterocycles. The zero-order valence-electron chi connectivity index (χ0n) is 24.0. The predicted molar refractivity (Wildman–Crippen MR) is 162 cm³/mol. The van der Waals surface area contributed by atoms with E-state index in [0.29, 0.717) is 37.5 Å². The number of rotatable bonds is 10. The number of nitrogens with zero attached hydrogens (tertiary/aromatic N) is 2. The summed E-state index contributed by atoms with van der Waals surface area (Å²) in [6.45, 7) is 3.42. The first-order valence-corrected chi connectivity index (χ1v) is 15.7. The second-order valence-electron chi connectivity index (χ2n) is 12.1. The third-order valence-electron chi connectivity index (χ3n) is 9.31. The molecule has 0 radical (unpaired) electrons. The van der Waals surface area contributed by atoms with Gasteiger partial charge in [0.25, 0.3) is 0 Å². The van der Waals surface area contributed by atoms with Crippen LogP contribution in [-0.4, -0.2) is 71.8 Å². The predicted octanol–water partition coefficient (Wildman–Crippen LogP) is 4.37. The van der Waals surface area contributed by atoms with Gasteiger partial charge in [-0.1, -0.05) is 79.7 Å². The molecule has 1 heterocycles. The summed E-state index contributed by atoms with van der Waals surface area (Å²) in [6, 6.07) is 16.8. The maximum absolute atomic E-state index is 13.8. The molecule has 1 aliphatic heterocycles. The van der Waals surface area contributed by atoms with Gasteiger partial charge in [0.2, 0.25) is 17.7 Å². The Morgan fingerprint density at radius 2 is 1.54 bits per heavy atom. The van der Waals surface area contributed by atoms with Crippen molar-refractivity contribution in [2.24, 2.45) is 5.92 Å². The number of amides is 3. The van der Waals surface area contributed by atoms with Crippen LogP contribution < -0.4 is 10.6 Å². The second-order valence-corrected chi connectivity index (χ2v) is 12.5. The molecule has 220 valence electrons. The Balaban J connectivity index is 1.20. The van der Waals surface area contributed by atoms with Gasteiger partial charge in [-0.15, -0.1) is 0 Å². The van der Waals surface area contributed by atoms with Gasteiger partial charge in [0.1, 0.15) is 6.04 Å². The molecule has 41 heavy (non-hydrogen) atoms. The average molecular weight is 579 g/mol. The molecule has 0 bridgehead atoms. The van der Waals surface area contributed by atoms with Crippen LogP contribution in [0.5, 0.6) is 0 Å². The zero-order valence-corrected chi connectivity index (χ0v) is 24.7. The molecule has 7 nitrogen and oxygen atoms in total. The molecule has 0 aromatic heterocycles. The number of hydrogen-bond acceptors (Lipinski definition) is 4. The number of carbonyl (C=O) groups is 3. The molecular formula is C33H43ClN4O3. The van der Waals surface area contributed by atoms with Crippen LogP contribution in [0, 0.1) is 5.92 Å². The van der Waals surface area contributed by atoms with E-state index in [0.717, 1.165) is 69.2 Å². The van der Waals surface area contributed by atoms with E-state index in [-0.39, 0.29) is 29.2 Å². The standard InChI is InChI=1S/C33H43ClN4O3/c34-28-14-12-26(13-15-28)22-29(36-31(40)27-10-7-11-27)32(41)37-18-20-38(21-19-37)33(16-5-2-6-17-33)24-35-30(39)23-25-8-3-1-4-9-25/h1,3-4,8-9,12-15,27,29H,2,5-7,10-11,16-24H2,(H,35,39)(H,36,40)/t29-/m1/s1. The molecule has 3 amide bonds. The topological polar surface area (TPSA) is 81.8 Å². The van der Waals surface area contributed by atoms with E-state index in [1.807, 2.05) is 59.5 Å². The van der Waals surface area contributed by atoms with Gasteiger partial charge in [-0.2, -0.15) is 0 Å². The fourth-order valence-electron chi connectivity index (χ4n) is 6.56. The number of halogens is 1. The highest BCUT2D eigenvalue weighted by Crippen LogP contribution is 2.34. The summed E-state index contributed by atoms with van der Waals surface area (Å²) in [5.41, 5.74) is 1.93. The van der Waals surface area contributed by atoms with Crippen LogP contribution in [0.2, 0.25) is 5.02 Å². The minimum Gasteiger partial charge on any atom is -0.354 e. The van der Waals surface area contributed by atoms with E-state index < -0.39 is 6.04 Å². The molecule has 0 spiro atoms. The van der Waals surface area contributed by atoms with E-state index in [1.54, 1.807) is 0 Å². The van der Waals surface area contributed by atoms with Gasteiger partial charge in [0.15, 0.2) is 0 Å². The van der Waals surface area contributed by atoms with Crippen molar-refractivity contribution < 1.29 is 14.4 Å². The summed E-state index contributed by atoms with van der Waals surface area (Å²) in [5.74, 6) is 0.0635. The van der Waals surface area contributed by atoms with Crippen LogP contribution in [0.1, 0.15) is 62.5 Å². The quantitative estimate of drug-likeness (QED) is 0.439. The number of nitrogens with one attached hydrogen (secondary N) is 2.